The van der Waals surface area contributed by atoms with Crippen LogP contribution < -0.4 is 16.6 Å². The third kappa shape index (κ3) is 1.56. The second-order valence-corrected chi connectivity index (χ2v) is 3.45. The average molecular weight is 190 g/mol. The van der Waals surface area contributed by atoms with Crippen LogP contribution in [-0.4, -0.2) is 5.96 Å². The minimum Gasteiger partial charge on any atom is -0.349 e. The number of guanidine groups is 1. The van der Waals surface area contributed by atoms with Crippen LogP contribution in [0.15, 0.2) is 24.3 Å². The van der Waals surface area contributed by atoms with Crippen molar-refractivity contribution in [2.45, 2.75) is 18.9 Å². The summed E-state index contributed by atoms with van der Waals surface area (Å²) < 4.78 is 0. The first kappa shape index (κ1) is 9.02. The third-order valence-corrected chi connectivity index (χ3v) is 2.60. The van der Waals surface area contributed by atoms with Crippen molar-refractivity contribution in [1.29, 1.82) is 5.41 Å². The highest BCUT2D eigenvalue weighted by molar-refractivity contribution is 5.76. The zero-order chi connectivity index (χ0) is 9.97. The van der Waals surface area contributed by atoms with Gasteiger partial charge in [0.2, 0.25) is 5.96 Å². The zero-order valence-electron chi connectivity index (χ0n) is 7.88. The third-order valence-electron chi connectivity index (χ3n) is 2.60. The van der Waals surface area contributed by atoms with E-state index >= 15 is 0 Å². The molecule has 74 valence electrons. The molecule has 0 spiro atoms. The van der Waals surface area contributed by atoms with E-state index in [0.717, 1.165) is 12.8 Å². The number of nitrogens with one attached hydrogen (secondary N) is 3. The van der Waals surface area contributed by atoms with Crippen molar-refractivity contribution in [2.24, 2.45) is 5.84 Å². The van der Waals surface area contributed by atoms with Crippen LogP contribution in [0.25, 0.3) is 0 Å². The zero-order valence-corrected chi connectivity index (χ0v) is 7.88. The molecule has 1 aromatic rings. The van der Waals surface area contributed by atoms with Crippen molar-refractivity contribution >= 4 is 5.96 Å². The Kier molecular flexibility index (Phi) is 2.37. The van der Waals surface area contributed by atoms with Gasteiger partial charge in [-0.05, 0) is 24.0 Å². The molecule has 0 heterocycles. The molecule has 4 heteroatoms. The molecule has 1 aliphatic rings. The van der Waals surface area contributed by atoms with Crippen LogP contribution in [0.3, 0.4) is 0 Å². The van der Waals surface area contributed by atoms with E-state index in [1.165, 1.54) is 11.1 Å². The molecule has 1 aromatic carbocycles. The van der Waals surface area contributed by atoms with Crippen molar-refractivity contribution in [1.82, 2.24) is 10.7 Å². The SMILES string of the molecule is N=C(NN)NC1CCc2ccccc21. The first-order valence-corrected chi connectivity index (χ1v) is 4.71. The minimum absolute atomic E-state index is 0.173. The van der Waals surface area contributed by atoms with Crippen molar-refractivity contribution in [2.75, 3.05) is 0 Å². The van der Waals surface area contributed by atoms with Crippen molar-refractivity contribution in [3.05, 3.63) is 35.4 Å². The molecule has 0 fully saturated rings. The molecule has 14 heavy (non-hydrogen) atoms. The van der Waals surface area contributed by atoms with E-state index in [2.05, 4.69) is 22.9 Å². The van der Waals surface area contributed by atoms with E-state index in [1.54, 1.807) is 0 Å². The summed E-state index contributed by atoms with van der Waals surface area (Å²) in [7, 11) is 0. The maximum Gasteiger partial charge on any atom is 0.203 e. The van der Waals surface area contributed by atoms with Gasteiger partial charge in [-0.3, -0.25) is 10.8 Å². The van der Waals surface area contributed by atoms with Gasteiger partial charge in [-0.25, -0.2) is 5.84 Å². The largest absolute Gasteiger partial charge is 0.349 e. The molecule has 0 aliphatic heterocycles. The first-order chi connectivity index (χ1) is 6.81. The molecule has 0 amide bonds. The Morgan fingerprint density at radius 2 is 2.21 bits per heavy atom. The van der Waals surface area contributed by atoms with Gasteiger partial charge in [-0.15, -0.1) is 0 Å². The van der Waals surface area contributed by atoms with Gasteiger partial charge in [-0.2, -0.15) is 0 Å². The normalized spacial score (nSPS) is 18.8. The number of nitrogens with two attached hydrogens (primary N) is 1. The van der Waals surface area contributed by atoms with Crippen LogP contribution in [0.5, 0.6) is 0 Å². The second kappa shape index (κ2) is 3.67. The number of hydrogen-bond donors (Lipinski definition) is 4. The predicted molar refractivity (Wildman–Crippen MR) is 55.7 cm³/mol. The Balaban J connectivity index is 2.14. The molecule has 5 N–H and O–H groups in total. The summed E-state index contributed by atoms with van der Waals surface area (Å²) in [6, 6.07) is 8.54. The Labute approximate surface area is 83.0 Å². The first-order valence-electron chi connectivity index (χ1n) is 4.71. The van der Waals surface area contributed by atoms with Crippen LogP contribution in [0.2, 0.25) is 0 Å². The maximum atomic E-state index is 7.40. The van der Waals surface area contributed by atoms with Crippen LogP contribution in [0.1, 0.15) is 23.6 Å². The summed E-state index contributed by atoms with van der Waals surface area (Å²) >= 11 is 0. The van der Waals surface area contributed by atoms with E-state index in [-0.39, 0.29) is 12.0 Å². The van der Waals surface area contributed by atoms with Gasteiger partial charge in [0.25, 0.3) is 0 Å². The number of hydrogen-bond acceptors (Lipinski definition) is 2. The maximum absolute atomic E-state index is 7.40. The average Bonchev–Trinajstić information content (AvgIpc) is 2.62. The summed E-state index contributed by atoms with van der Waals surface area (Å²) in [6.07, 6.45) is 2.11. The van der Waals surface area contributed by atoms with Crippen LogP contribution in [-0.2, 0) is 6.42 Å². The molecular formula is C10H14N4. The fourth-order valence-electron chi connectivity index (χ4n) is 1.92. The van der Waals surface area contributed by atoms with Gasteiger partial charge in [-0.1, -0.05) is 24.3 Å². The topological polar surface area (TPSA) is 73.9 Å². The van der Waals surface area contributed by atoms with Gasteiger partial charge in [0.15, 0.2) is 0 Å². The van der Waals surface area contributed by atoms with E-state index in [0.29, 0.717) is 0 Å². The monoisotopic (exact) mass is 190 g/mol. The Bertz CT molecular complexity index is 348. The predicted octanol–water partition coefficient (Wildman–Crippen LogP) is 0.662. The van der Waals surface area contributed by atoms with Crippen LogP contribution in [0.4, 0.5) is 0 Å². The molecule has 0 aromatic heterocycles. The summed E-state index contributed by atoms with van der Waals surface area (Å²) in [4.78, 5) is 0. The standard InChI is InChI=1S/C10H14N4/c11-10(14-12)13-9-6-5-7-3-1-2-4-8(7)9/h1-4,9H,5-6,12H2,(H3,11,13,14). The highest BCUT2D eigenvalue weighted by Gasteiger charge is 2.21. The summed E-state index contributed by atoms with van der Waals surface area (Å²) in [5.74, 6) is 5.31. The highest BCUT2D eigenvalue weighted by atomic mass is 15.3. The van der Waals surface area contributed by atoms with E-state index in [9.17, 15) is 0 Å². The van der Waals surface area contributed by atoms with Gasteiger partial charge < -0.3 is 5.32 Å². The fourth-order valence-corrected chi connectivity index (χ4v) is 1.92. The smallest absolute Gasteiger partial charge is 0.203 e. The number of fused-ring (bicyclic) bond motifs is 1. The number of hydrazine groups is 1. The minimum atomic E-state index is 0.173. The van der Waals surface area contributed by atoms with E-state index in [4.69, 9.17) is 11.3 Å². The Morgan fingerprint density at radius 1 is 1.43 bits per heavy atom. The molecule has 0 saturated heterocycles. The molecule has 1 unspecified atom stereocenters. The second-order valence-electron chi connectivity index (χ2n) is 3.45. The molecule has 1 aliphatic carbocycles. The number of rotatable bonds is 1. The molecule has 0 radical (unpaired) electrons. The van der Waals surface area contributed by atoms with E-state index in [1.807, 2.05) is 12.1 Å². The molecular weight excluding hydrogens is 176 g/mol. The lowest BCUT2D eigenvalue weighted by Gasteiger charge is -2.15. The number of benzene rings is 1. The highest BCUT2D eigenvalue weighted by Crippen LogP contribution is 2.30. The summed E-state index contributed by atoms with van der Waals surface area (Å²) in [5.41, 5.74) is 4.95. The Hall–Kier alpha value is -1.55. The molecule has 0 bridgehead atoms. The van der Waals surface area contributed by atoms with E-state index < -0.39 is 0 Å². The van der Waals surface area contributed by atoms with Gasteiger partial charge in [0.05, 0.1) is 6.04 Å². The molecule has 1 atom stereocenters. The van der Waals surface area contributed by atoms with Crippen LogP contribution >= 0.6 is 0 Å². The molecule has 0 saturated carbocycles. The fraction of sp³-hybridized carbons (Fsp3) is 0.300. The van der Waals surface area contributed by atoms with Crippen molar-refractivity contribution in [3.63, 3.8) is 0 Å². The summed E-state index contributed by atoms with van der Waals surface area (Å²) in [6.45, 7) is 0. The van der Waals surface area contributed by atoms with Gasteiger partial charge >= 0.3 is 0 Å². The Morgan fingerprint density at radius 3 is 3.00 bits per heavy atom. The molecule has 4 nitrogen and oxygen atoms in total. The number of aryl methyl sites for hydroxylation is 1. The van der Waals surface area contributed by atoms with Crippen molar-refractivity contribution < 1.29 is 0 Å². The quantitative estimate of drug-likeness (QED) is 0.227. The lowest BCUT2D eigenvalue weighted by atomic mass is 10.1. The molecule has 2 rings (SSSR count). The van der Waals surface area contributed by atoms with Crippen molar-refractivity contribution in [3.8, 4) is 0 Å². The lowest BCUT2D eigenvalue weighted by molar-refractivity contribution is 0.623. The lowest BCUT2D eigenvalue weighted by Crippen LogP contribution is -2.41. The summed E-state index contributed by atoms with van der Waals surface area (Å²) in [5, 5.41) is 10.4. The van der Waals surface area contributed by atoms with Gasteiger partial charge in [0, 0.05) is 0 Å². The van der Waals surface area contributed by atoms with Gasteiger partial charge in [0.1, 0.15) is 0 Å². The van der Waals surface area contributed by atoms with Crippen LogP contribution in [0, 0.1) is 5.41 Å².